The van der Waals surface area contributed by atoms with Gasteiger partial charge in [0.05, 0.1) is 12.7 Å². The van der Waals surface area contributed by atoms with Crippen LogP contribution in [0.2, 0.25) is 0 Å². The van der Waals surface area contributed by atoms with Crippen LogP contribution in [0.15, 0.2) is 18.2 Å². The number of esters is 1. The number of carbonyl (C=O) groups excluding carboxylic acids is 1. The molecule has 1 rings (SSSR count). The van der Waals surface area contributed by atoms with Gasteiger partial charge >= 0.3 is 5.97 Å². The van der Waals surface area contributed by atoms with Crippen molar-refractivity contribution in [3.8, 4) is 0 Å². The van der Waals surface area contributed by atoms with E-state index < -0.39 is 5.97 Å². The first-order valence-corrected chi connectivity index (χ1v) is 4.90. The highest BCUT2D eigenvalue weighted by molar-refractivity contribution is 5.96. The van der Waals surface area contributed by atoms with Gasteiger partial charge in [0.15, 0.2) is 0 Å². The average molecular weight is 208 g/mol. The molecule has 0 saturated carbocycles. The van der Waals surface area contributed by atoms with Gasteiger partial charge in [0.1, 0.15) is 0 Å². The van der Waals surface area contributed by atoms with Gasteiger partial charge in [-0.15, -0.1) is 0 Å². The van der Waals surface area contributed by atoms with Crippen LogP contribution in [0.1, 0.15) is 23.7 Å². The van der Waals surface area contributed by atoms with Crippen molar-refractivity contribution < 1.29 is 9.53 Å². The van der Waals surface area contributed by atoms with Crippen LogP contribution in [0.25, 0.3) is 0 Å². The number of hydrogen-bond donors (Lipinski definition) is 2. The predicted molar refractivity (Wildman–Crippen MR) is 61.0 cm³/mol. The van der Waals surface area contributed by atoms with Crippen molar-refractivity contribution >= 4 is 17.3 Å². The number of rotatable bonds is 4. The molecule has 0 spiro atoms. The van der Waals surface area contributed by atoms with Crippen molar-refractivity contribution in [2.45, 2.75) is 13.3 Å². The van der Waals surface area contributed by atoms with E-state index in [1.54, 1.807) is 12.1 Å². The number of nitrogens with one attached hydrogen (secondary N) is 1. The summed E-state index contributed by atoms with van der Waals surface area (Å²) in [5, 5.41) is 3.18. The fourth-order valence-corrected chi connectivity index (χ4v) is 1.22. The highest BCUT2D eigenvalue weighted by atomic mass is 16.5. The molecular weight excluding hydrogens is 192 g/mol. The van der Waals surface area contributed by atoms with Crippen LogP contribution in [0.4, 0.5) is 11.4 Å². The first-order valence-electron chi connectivity index (χ1n) is 4.90. The number of carbonyl (C=O) groups is 1. The van der Waals surface area contributed by atoms with Crippen LogP contribution in [0.5, 0.6) is 0 Å². The van der Waals surface area contributed by atoms with Crippen LogP contribution < -0.4 is 11.1 Å². The molecule has 0 heterocycles. The SMILES string of the molecule is CCCNc1ccc(N)c(C(=O)OC)c1. The van der Waals surface area contributed by atoms with Crippen LogP contribution in [0, 0.1) is 0 Å². The van der Waals surface area contributed by atoms with Crippen molar-refractivity contribution in [1.82, 2.24) is 0 Å². The Kier molecular flexibility index (Phi) is 3.97. The molecule has 0 aliphatic heterocycles. The number of anilines is 2. The van der Waals surface area contributed by atoms with E-state index in [1.807, 2.05) is 6.07 Å². The molecule has 3 N–H and O–H groups in total. The molecule has 0 fully saturated rings. The molecule has 15 heavy (non-hydrogen) atoms. The Labute approximate surface area is 89.4 Å². The molecule has 0 atom stereocenters. The zero-order valence-corrected chi connectivity index (χ0v) is 9.04. The second-order valence-electron chi connectivity index (χ2n) is 3.22. The lowest BCUT2D eigenvalue weighted by atomic mass is 10.1. The normalized spacial score (nSPS) is 9.73. The molecule has 0 aliphatic rings. The number of methoxy groups -OCH3 is 1. The van der Waals surface area contributed by atoms with E-state index in [9.17, 15) is 4.79 Å². The predicted octanol–water partition coefficient (Wildman–Crippen LogP) is 1.88. The van der Waals surface area contributed by atoms with Crippen LogP contribution >= 0.6 is 0 Å². The third-order valence-electron chi connectivity index (χ3n) is 2.04. The van der Waals surface area contributed by atoms with Crippen LogP contribution in [-0.2, 0) is 4.74 Å². The molecule has 4 heteroatoms. The summed E-state index contributed by atoms with van der Waals surface area (Å²) in [5.41, 5.74) is 7.38. The fraction of sp³-hybridized carbons (Fsp3) is 0.364. The quantitative estimate of drug-likeness (QED) is 0.585. The highest BCUT2D eigenvalue weighted by Gasteiger charge is 2.10. The molecule has 0 bridgehead atoms. The van der Waals surface area contributed by atoms with E-state index in [1.165, 1.54) is 7.11 Å². The topological polar surface area (TPSA) is 64.3 Å². The van der Waals surface area contributed by atoms with E-state index in [0.717, 1.165) is 18.7 Å². The van der Waals surface area contributed by atoms with E-state index >= 15 is 0 Å². The largest absolute Gasteiger partial charge is 0.465 e. The second-order valence-corrected chi connectivity index (χ2v) is 3.22. The van der Waals surface area contributed by atoms with Crippen molar-refractivity contribution in [3.05, 3.63) is 23.8 Å². The lowest BCUT2D eigenvalue weighted by molar-refractivity contribution is 0.0602. The van der Waals surface area contributed by atoms with Gasteiger partial charge in [-0.3, -0.25) is 0 Å². The van der Waals surface area contributed by atoms with Crippen LogP contribution in [0.3, 0.4) is 0 Å². The smallest absolute Gasteiger partial charge is 0.340 e. The van der Waals surface area contributed by atoms with Crippen molar-refractivity contribution in [3.63, 3.8) is 0 Å². The summed E-state index contributed by atoms with van der Waals surface area (Å²) < 4.78 is 4.63. The first-order chi connectivity index (χ1) is 7.19. The van der Waals surface area contributed by atoms with Crippen LogP contribution in [-0.4, -0.2) is 19.6 Å². The second kappa shape index (κ2) is 5.24. The summed E-state index contributed by atoms with van der Waals surface area (Å²) in [6.45, 7) is 2.94. The van der Waals surface area contributed by atoms with Gasteiger partial charge in [-0.25, -0.2) is 4.79 Å². The third kappa shape index (κ3) is 2.87. The van der Waals surface area contributed by atoms with Gasteiger partial charge < -0.3 is 15.8 Å². The first kappa shape index (κ1) is 11.4. The molecule has 0 unspecified atom stereocenters. The zero-order valence-electron chi connectivity index (χ0n) is 9.04. The lowest BCUT2D eigenvalue weighted by Gasteiger charge is -2.08. The average Bonchev–Trinajstić information content (AvgIpc) is 2.27. The van der Waals surface area contributed by atoms with E-state index in [2.05, 4.69) is 17.0 Å². The maximum atomic E-state index is 11.3. The standard InChI is InChI=1S/C11H16N2O2/c1-3-6-13-8-4-5-10(12)9(7-8)11(14)15-2/h4-5,7,13H,3,6,12H2,1-2H3. The minimum Gasteiger partial charge on any atom is -0.465 e. The number of benzene rings is 1. The van der Waals surface area contributed by atoms with Crippen molar-refractivity contribution in [1.29, 1.82) is 0 Å². The molecule has 1 aromatic carbocycles. The fourth-order valence-electron chi connectivity index (χ4n) is 1.22. The van der Waals surface area contributed by atoms with Gasteiger partial charge in [0, 0.05) is 17.9 Å². The molecule has 82 valence electrons. The lowest BCUT2D eigenvalue weighted by Crippen LogP contribution is -2.07. The molecule has 0 aliphatic carbocycles. The Morgan fingerprint density at radius 3 is 2.87 bits per heavy atom. The number of nitrogen functional groups attached to an aromatic ring is 1. The maximum Gasteiger partial charge on any atom is 0.340 e. The molecule has 0 saturated heterocycles. The van der Waals surface area contributed by atoms with Crippen molar-refractivity contribution in [2.75, 3.05) is 24.7 Å². The molecule has 0 aromatic heterocycles. The van der Waals surface area contributed by atoms with Gasteiger partial charge in [-0.05, 0) is 24.6 Å². The van der Waals surface area contributed by atoms with E-state index in [0.29, 0.717) is 11.3 Å². The zero-order chi connectivity index (χ0) is 11.3. The Morgan fingerprint density at radius 2 is 2.27 bits per heavy atom. The molecular formula is C11H16N2O2. The summed E-state index contributed by atoms with van der Waals surface area (Å²) in [5.74, 6) is -0.410. The molecule has 0 amide bonds. The van der Waals surface area contributed by atoms with Gasteiger partial charge in [-0.2, -0.15) is 0 Å². The number of hydrogen-bond acceptors (Lipinski definition) is 4. The summed E-state index contributed by atoms with van der Waals surface area (Å²) in [6.07, 6.45) is 1.03. The van der Waals surface area contributed by atoms with Gasteiger partial charge in [0.25, 0.3) is 0 Å². The van der Waals surface area contributed by atoms with E-state index in [-0.39, 0.29) is 0 Å². The Balaban J connectivity index is 2.89. The molecule has 0 radical (unpaired) electrons. The highest BCUT2D eigenvalue weighted by Crippen LogP contribution is 2.18. The third-order valence-corrected chi connectivity index (χ3v) is 2.04. The van der Waals surface area contributed by atoms with Gasteiger partial charge in [-0.1, -0.05) is 6.92 Å². The van der Waals surface area contributed by atoms with Crippen molar-refractivity contribution in [2.24, 2.45) is 0 Å². The number of nitrogens with two attached hydrogens (primary N) is 1. The Morgan fingerprint density at radius 1 is 1.53 bits per heavy atom. The minimum absolute atomic E-state index is 0.401. The summed E-state index contributed by atoms with van der Waals surface area (Å²) in [6, 6.07) is 5.25. The maximum absolute atomic E-state index is 11.3. The summed E-state index contributed by atoms with van der Waals surface area (Å²) in [7, 11) is 1.34. The van der Waals surface area contributed by atoms with Gasteiger partial charge in [0.2, 0.25) is 0 Å². The summed E-state index contributed by atoms with van der Waals surface area (Å²) in [4.78, 5) is 11.3. The minimum atomic E-state index is -0.410. The molecule has 4 nitrogen and oxygen atoms in total. The Bertz CT molecular complexity index is 350. The number of ether oxygens (including phenoxy) is 1. The van der Waals surface area contributed by atoms with E-state index in [4.69, 9.17) is 5.73 Å². The monoisotopic (exact) mass is 208 g/mol. The molecule has 1 aromatic rings. The summed E-state index contributed by atoms with van der Waals surface area (Å²) >= 11 is 0. The Hall–Kier alpha value is -1.71.